The number of ether oxygens (including phenoxy) is 1. The molecule has 0 aromatic carbocycles. The zero-order valence-corrected chi connectivity index (χ0v) is 7.73. The van der Waals surface area contributed by atoms with Crippen molar-refractivity contribution < 1.29 is 22.7 Å². The monoisotopic (exact) mass is 208 g/mol. The lowest BCUT2D eigenvalue weighted by Gasteiger charge is -2.28. The molecule has 1 aliphatic heterocycles. The van der Waals surface area contributed by atoms with Gasteiger partial charge in [-0.3, -0.25) is 0 Å². The van der Waals surface area contributed by atoms with Crippen LogP contribution in [0.2, 0.25) is 0 Å². The Balaban J connectivity index is 2.82. The highest BCUT2D eigenvalue weighted by Gasteiger charge is 2.57. The van der Waals surface area contributed by atoms with Crippen LogP contribution in [0.4, 0.5) is 13.2 Å². The molecule has 5 heteroatoms. The van der Waals surface area contributed by atoms with E-state index >= 15 is 0 Å². The Morgan fingerprint density at radius 3 is 2.50 bits per heavy atom. The number of alkyl halides is 3. The van der Waals surface area contributed by atoms with E-state index in [0.29, 0.717) is 12.8 Å². The third-order valence-corrected chi connectivity index (χ3v) is 2.15. The molecule has 80 valence electrons. The maximum Gasteiger partial charge on any atom is 0.432 e. The van der Waals surface area contributed by atoms with Crippen LogP contribution in [-0.4, -0.2) is 17.7 Å². The molecule has 1 heterocycles. The molecule has 1 aliphatic rings. The second kappa shape index (κ2) is 3.63. The molecule has 0 amide bonds. The van der Waals surface area contributed by atoms with Gasteiger partial charge in [0.2, 0.25) is 5.60 Å². The van der Waals surface area contributed by atoms with Gasteiger partial charge in [0.05, 0.1) is 0 Å². The summed E-state index contributed by atoms with van der Waals surface area (Å²) in [5.41, 5.74) is -2.37. The Morgan fingerprint density at radius 1 is 1.50 bits per heavy atom. The predicted molar refractivity (Wildman–Crippen MR) is 43.5 cm³/mol. The van der Waals surface area contributed by atoms with Gasteiger partial charge in [0, 0.05) is 12.5 Å². The van der Waals surface area contributed by atoms with Crippen molar-refractivity contribution in [1.29, 1.82) is 0 Å². The summed E-state index contributed by atoms with van der Waals surface area (Å²) >= 11 is 0. The molecule has 0 saturated carbocycles. The molecule has 0 radical (unpaired) electrons. The molecule has 14 heavy (non-hydrogen) atoms. The van der Waals surface area contributed by atoms with Gasteiger partial charge in [0.15, 0.2) is 0 Å². The topological polar surface area (TPSA) is 26.3 Å². The van der Waals surface area contributed by atoms with Crippen molar-refractivity contribution in [3.05, 3.63) is 12.2 Å². The number of carbonyl (C=O) groups excluding carboxylic acids is 1. The fourth-order valence-corrected chi connectivity index (χ4v) is 1.32. The molecule has 0 fully saturated rings. The minimum Gasteiger partial charge on any atom is -0.442 e. The molecule has 0 spiro atoms. The molecule has 0 unspecified atom stereocenters. The molecular formula is C9H11F3O2. The van der Waals surface area contributed by atoms with Crippen molar-refractivity contribution in [2.45, 2.75) is 38.0 Å². The van der Waals surface area contributed by atoms with Gasteiger partial charge < -0.3 is 4.74 Å². The minimum absolute atomic E-state index is 0.199. The van der Waals surface area contributed by atoms with Crippen LogP contribution in [0, 0.1) is 0 Å². The molecule has 0 bridgehead atoms. The van der Waals surface area contributed by atoms with Crippen LogP contribution in [0.25, 0.3) is 0 Å². The largest absolute Gasteiger partial charge is 0.442 e. The first-order valence-electron chi connectivity index (χ1n) is 4.40. The molecule has 2 nitrogen and oxygen atoms in total. The van der Waals surface area contributed by atoms with E-state index in [1.165, 1.54) is 0 Å². The van der Waals surface area contributed by atoms with E-state index in [0.717, 1.165) is 12.2 Å². The average Bonchev–Trinajstić information content (AvgIpc) is 2.44. The molecular weight excluding hydrogens is 197 g/mol. The molecule has 0 aromatic heterocycles. The normalized spacial score (nSPS) is 26.7. The first kappa shape index (κ1) is 11.1. The van der Waals surface area contributed by atoms with Gasteiger partial charge in [0.1, 0.15) is 0 Å². The Kier molecular flexibility index (Phi) is 2.87. The number of hydrogen-bond donors (Lipinski definition) is 0. The number of cyclic esters (lactones) is 1. The minimum atomic E-state index is -4.52. The van der Waals surface area contributed by atoms with Crippen LogP contribution in [0.1, 0.15) is 26.2 Å². The predicted octanol–water partition coefficient (Wildman–Crippen LogP) is 2.59. The van der Waals surface area contributed by atoms with Crippen molar-refractivity contribution >= 4 is 5.97 Å². The van der Waals surface area contributed by atoms with Gasteiger partial charge in [-0.05, 0) is 12.5 Å². The molecule has 1 rings (SSSR count). The van der Waals surface area contributed by atoms with Crippen molar-refractivity contribution in [2.24, 2.45) is 0 Å². The van der Waals surface area contributed by atoms with E-state index in [1.54, 1.807) is 6.92 Å². The zero-order chi connectivity index (χ0) is 10.8. The number of esters is 1. The Labute approximate surface area is 79.7 Å². The van der Waals surface area contributed by atoms with Gasteiger partial charge in [-0.1, -0.05) is 13.3 Å². The third kappa shape index (κ3) is 1.91. The summed E-state index contributed by atoms with van der Waals surface area (Å²) < 4.78 is 42.1. The Hall–Kier alpha value is -1.00. The van der Waals surface area contributed by atoms with Gasteiger partial charge in [-0.2, -0.15) is 13.2 Å². The highest BCUT2D eigenvalue weighted by molar-refractivity contribution is 5.85. The van der Waals surface area contributed by atoms with Crippen LogP contribution in [-0.2, 0) is 9.53 Å². The van der Waals surface area contributed by atoms with Crippen molar-refractivity contribution in [2.75, 3.05) is 0 Å². The van der Waals surface area contributed by atoms with Crippen LogP contribution in [0.3, 0.4) is 0 Å². The lowest BCUT2D eigenvalue weighted by Crippen LogP contribution is -2.44. The van der Waals surface area contributed by atoms with Gasteiger partial charge >= 0.3 is 12.1 Å². The van der Waals surface area contributed by atoms with Gasteiger partial charge in [-0.25, -0.2) is 4.79 Å². The number of hydrogen-bond acceptors (Lipinski definition) is 2. The fourth-order valence-electron chi connectivity index (χ4n) is 1.32. The maximum atomic E-state index is 12.6. The van der Waals surface area contributed by atoms with Gasteiger partial charge in [-0.15, -0.1) is 0 Å². The quantitative estimate of drug-likeness (QED) is 0.666. The highest BCUT2D eigenvalue weighted by Crippen LogP contribution is 2.41. The summed E-state index contributed by atoms with van der Waals surface area (Å²) in [6.07, 6.45) is -2.07. The van der Waals surface area contributed by atoms with E-state index in [1.807, 2.05) is 0 Å². The Morgan fingerprint density at radius 2 is 2.14 bits per heavy atom. The van der Waals surface area contributed by atoms with Crippen LogP contribution in [0.15, 0.2) is 12.2 Å². The van der Waals surface area contributed by atoms with E-state index in [9.17, 15) is 18.0 Å². The summed E-state index contributed by atoms with van der Waals surface area (Å²) in [5.74, 6) is -0.918. The second-order valence-electron chi connectivity index (χ2n) is 3.25. The first-order chi connectivity index (χ1) is 6.41. The van der Waals surface area contributed by atoms with Crippen molar-refractivity contribution in [1.82, 2.24) is 0 Å². The number of carbonyl (C=O) groups is 1. The molecule has 0 aromatic rings. The highest BCUT2D eigenvalue weighted by atomic mass is 19.4. The SMILES string of the molecule is CCCC[C@]1(C(F)(F)F)C=CC(=O)O1. The Bertz CT molecular complexity index is 257. The lowest BCUT2D eigenvalue weighted by molar-refractivity contribution is -0.247. The summed E-state index contributed by atoms with van der Waals surface area (Å²) in [5, 5.41) is 0. The van der Waals surface area contributed by atoms with E-state index in [4.69, 9.17) is 0 Å². The molecule has 1 atom stereocenters. The maximum absolute atomic E-state index is 12.6. The standard InChI is InChI=1S/C9H11F3O2/c1-2-3-5-8(9(10,11)12)6-4-7(13)14-8/h4,6H,2-3,5H2,1H3/t8-/m1/s1. The van der Waals surface area contributed by atoms with Gasteiger partial charge in [0.25, 0.3) is 0 Å². The smallest absolute Gasteiger partial charge is 0.432 e. The average molecular weight is 208 g/mol. The molecule has 0 N–H and O–H groups in total. The number of unbranched alkanes of at least 4 members (excludes halogenated alkanes) is 1. The summed E-state index contributed by atoms with van der Waals surface area (Å²) in [7, 11) is 0. The summed E-state index contributed by atoms with van der Waals surface area (Å²) in [6, 6.07) is 0. The molecule has 0 saturated heterocycles. The van der Waals surface area contributed by atoms with E-state index < -0.39 is 17.7 Å². The van der Waals surface area contributed by atoms with Crippen molar-refractivity contribution in [3.8, 4) is 0 Å². The summed E-state index contributed by atoms with van der Waals surface area (Å²) in [6.45, 7) is 1.78. The first-order valence-corrected chi connectivity index (χ1v) is 4.40. The zero-order valence-electron chi connectivity index (χ0n) is 7.73. The van der Waals surface area contributed by atoms with Crippen LogP contribution in [0.5, 0.6) is 0 Å². The van der Waals surface area contributed by atoms with E-state index in [-0.39, 0.29) is 6.42 Å². The summed E-state index contributed by atoms with van der Waals surface area (Å²) in [4.78, 5) is 10.7. The number of rotatable bonds is 3. The number of halogens is 3. The lowest BCUT2D eigenvalue weighted by atomic mass is 9.96. The van der Waals surface area contributed by atoms with Crippen LogP contribution < -0.4 is 0 Å². The third-order valence-electron chi connectivity index (χ3n) is 2.15. The molecule has 0 aliphatic carbocycles. The van der Waals surface area contributed by atoms with Crippen molar-refractivity contribution in [3.63, 3.8) is 0 Å². The fraction of sp³-hybridized carbons (Fsp3) is 0.667. The van der Waals surface area contributed by atoms with Crippen LogP contribution >= 0.6 is 0 Å². The second-order valence-corrected chi connectivity index (χ2v) is 3.25. The van der Waals surface area contributed by atoms with E-state index in [2.05, 4.69) is 4.74 Å².